The van der Waals surface area contributed by atoms with Crippen molar-refractivity contribution in [1.82, 2.24) is 0 Å². The topological polar surface area (TPSA) is 91.3 Å². The van der Waals surface area contributed by atoms with Crippen LogP contribution in [0.3, 0.4) is 0 Å². The molecule has 1 N–H and O–H groups in total. The van der Waals surface area contributed by atoms with Crippen molar-refractivity contribution in [1.29, 1.82) is 0 Å². The largest absolute Gasteiger partial charge is 0.472 e. The summed E-state index contributed by atoms with van der Waals surface area (Å²) in [5, 5.41) is 0. The van der Waals surface area contributed by atoms with Crippen LogP contribution in [-0.2, 0) is 27.9 Å². The third-order valence-electron chi connectivity index (χ3n) is 10.8. The zero-order valence-corrected chi connectivity index (χ0v) is 39.5. The Hall–Kier alpha value is -0.760. The van der Waals surface area contributed by atoms with E-state index in [-0.39, 0.29) is 25.8 Å². The number of nitrogens with zero attached hydrogens (tertiary/aromatic N) is 1. The van der Waals surface area contributed by atoms with E-state index in [1.54, 1.807) is 0 Å². The Balaban J connectivity index is 4.01. The molecule has 0 spiro atoms. The number of allylic oxidation sites excluding steroid dienone is 2. The van der Waals surface area contributed by atoms with Gasteiger partial charge in [-0.05, 0) is 32.1 Å². The lowest BCUT2D eigenvalue weighted by Gasteiger charge is -2.24. The summed E-state index contributed by atoms with van der Waals surface area (Å²) >= 11 is 0. The quantitative estimate of drug-likeness (QED) is 0.0215. The maximum Gasteiger partial charge on any atom is 0.472 e. The van der Waals surface area contributed by atoms with Crippen LogP contribution in [0.1, 0.15) is 232 Å². The third-order valence-corrected chi connectivity index (χ3v) is 11.8. The summed E-state index contributed by atoms with van der Waals surface area (Å²) in [5.41, 5.74) is 0. The van der Waals surface area contributed by atoms with Gasteiger partial charge in [-0.1, -0.05) is 206 Å². The molecule has 0 aromatic carbocycles. The predicted octanol–water partition coefficient (Wildman–Crippen LogP) is 14.6. The number of carbonyl (C=O) groups is 1. The van der Waals surface area contributed by atoms with E-state index in [0.29, 0.717) is 24.1 Å². The van der Waals surface area contributed by atoms with Crippen LogP contribution >= 0.6 is 7.82 Å². The molecule has 0 aromatic rings. The molecular weight excluding hydrogens is 734 g/mol. The standard InChI is InChI=1S/C48H96NO7P/c1-6-8-10-12-14-16-18-19-20-21-22-23-24-25-26-27-28-29-30-31-33-35-37-39-41-48(50)56-47(46-55-57(51,52)54-44-42-49(3,4)5)45-53-43-40-38-36-34-32-17-15-13-11-9-7-2/h11,13,47H,6-10,12,14-46H2,1-5H3/p+1/b13-11-. The second kappa shape index (κ2) is 42.0. The maximum absolute atomic E-state index is 12.7. The molecule has 0 aliphatic carbocycles. The van der Waals surface area contributed by atoms with E-state index in [1.165, 1.54) is 180 Å². The van der Waals surface area contributed by atoms with Gasteiger partial charge in [0.2, 0.25) is 0 Å². The van der Waals surface area contributed by atoms with Crippen molar-refractivity contribution in [2.24, 2.45) is 0 Å². The summed E-state index contributed by atoms with van der Waals surface area (Å²) < 4.78 is 35.0. The molecule has 0 saturated heterocycles. The summed E-state index contributed by atoms with van der Waals surface area (Å²) in [4.78, 5) is 22.9. The van der Waals surface area contributed by atoms with Gasteiger partial charge in [-0.3, -0.25) is 13.8 Å². The fourth-order valence-electron chi connectivity index (χ4n) is 7.03. The number of hydrogen-bond acceptors (Lipinski definition) is 6. The van der Waals surface area contributed by atoms with Crippen molar-refractivity contribution in [3.63, 3.8) is 0 Å². The summed E-state index contributed by atoms with van der Waals surface area (Å²) in [6.07, 6.45) is 46.9. The molecule has 0 rings (SSSR count). The van der Waals surface area contributed by atoms with Gasteiger partial charge in [0.25, 0.3) is 0 Å². The van der Waals surface area contributed by atoms with Crippen LogP contribution in [0.2, 0.25) is 0 Å². The molecule has 0 aliphatic rings. The Morgan fingerprint density at radius 2 is 0.947 bits per heavy atom. The van der Waals surface area contributed by atoms with Crippen LogP contribution in [-0.4, -0.2) is 75.6 Å². The monoisotopic (exact) mass is 831 g/mol. The number of quaternary nitrogens is 1. The van der Waals surface area contributed by atoms with E-state index in [4.69, 9.17) is 18.5 Å². The van der Waals surface area contributed by atoms with E-state index in [2.05, 4.69) is 26.0 Å². The zero-order valence-electron chi connectivity index (χ0n) is 38.6. The number of esters is 1. The zero-order chi connectivity index (χ0) is 42.0. The lowest BCUT2D eigenvalue weighted by atomic mass is 10.0. The lowest BCUT2D eigenvalue weighted by Crippen LogP contribution is -2.37. The molecule has 2 atom stereocenters. The van der Waals surface area contributed by atoms with Crippen LogP contribution < -0.4 is 0 Å². The molecule has 2 unspecified atom stereocenters. The fraction of sp³-hybridized carbons (Fsp3) is 0.938. The number of carbonyl (C=O) groups excluding carboxylic acids is 1. The number of phosphoric acid groups is 1. The Morgan fingerprint density at radius 1 is 0.526 bits per heavy atom. The van der Waals surface area contributed by atoms with Crippen LogP contribution in [0, 0.1) is 0 Å². The van der Waals surface area contributed by atoms with Gasteiger partial charge in [-0.15, -0.1) is 0 Å². The van der Waals surface area contributed by atoms with Crippen LogP contribution in [0.5, 0.6) is 0 Å². The van der Waals surface area contributed by atoms with E-state index < -0.39 is 13.9 Å². The molecule has 0 heterocycles. The molecule has 0 fully saturated rings. The number of likely N-dealkylation sites (N-methyl/N-ethyl adjacent to an activating group) is 1. The predicted molar refractivity (Wildman–Crippen MR) is 243 cm³/mol. The minimum Gasteiger partial charge on any atom is -0.457 e. The lowest BCUT2D eigenvalue weighted by molar-refractivity contribution is -0.870. The van der Waals surface area contributed by atoms with Crippen molar-refractivity contribution in [3.05, 3.63) is 12.2 Å². The highest BCUT2D eigenvalue weighted by atomic mass is 31.2. The van der Waals surface area contributed by atoms with E-state index >= 15 is 0 Å². The van der Waals surface area contributed by atoms with E-state index in [9.17, 15) is 14.3 Å². The van der Waals surface area contributed by atoms with Crippen molar-refractivity contribution >= 4 is 13.8 Å². The van der Waals surface area contributed by atoms with Crippen LogP contribution in [0.15, 0.2) is 12.2 Å². The Labute approximate surface area is 354 Å². The van der Waals surface area contributed by atoms with Gasteiger partial charge in [0.05, 0.1) is 34.4 Å². The summed E-state index contributed by atoms with van der Waals surface area (Å²) in [6.45, 7) is 5.60. The molecule has 340 valence electrons. The first-order valence-corrected chi connectivity index (χ1v) is 25.9. The number of hydrogen-bond donors (Lipinski definition) is 1. The van der Waals surface area contributed by atoms with Gasteiger partial charge in [0, 0.05) is 13.0 Å². The number of rotatable bonds is 46. The maximum atomic E-state index is 12.7. The molecule has 0 aliphatic heterocycles. The highest BCUT2D eigenvalue weighted by Crippen LogP contribution is 2.43. The first-order chi connectivity index (χ1) is 27.6. The Morgan fingerprint density at radius 3 is 1.40 bits per heavy atom. The fourth-order valence-corrected chi connectivity index (χ4v) is 7.77. The first kappa shape index (κ1) is 56.2. The van der Waals surface area contributed by atoms with Gasteiger partial charge in [0.1, 0.15) is 19.3 Å². The van der Waals surface area contributed by atoms with Crippen molar-refractivity contribution in [3.8, 4) is 0 Å². The molecule has 0 aromatic heterocycles. The average Bonchev–Trinajstić information content (AvgIpc) is 3.16. The molecule has 0 saturated carbocycles. The van der Waals surface area contributed by atoms with E-state index in [0.717, 1.165) is 32.1 Å². The van der Waals surface area contributed by atoms with Crippen LogP contribution in [0.4, 0.5) is 0 Å². The molecule has 0 radical (unpaired) electrons. The van der Waals surface area contributed by atoms with Gasteiger partial charge in [0.15, 0.2) is 0 Å². The minimum atomic E-state index is -4.27. The number of ether oxygens (including phenoxy) is 2. The van der Waals surface area contributed by atoms with Gasteiger partial charge >= 0.3 is 13.8 Å². The Kier molecular flexibility index (Phi) is 41.4. The van der Waals surface area contributed by atoms with Crippen molar-refractivity contribution < 1.29 is 37.3 Å². The summed E-state index contributed by atoms with van der Waals surface area (Å²) in [6, 6.07) is 0. The molecule has 0 amide bonds. The molecule has 9 heteroatoms. The molecule has 8 nitrogen and oxygen atoms in total. The smallest absolute Gasteiger partial charge is 0.457 e. The average molecular weight is 831 g/mol. The second-order valence-corrected chi connectivity index (χ2v) is 19.3. The Bertz CT molecular complexity index is 925. The van der Waals surface area contributed by atoms with Crippen LogP contribution in [0.25, 0.3) is 0 Å². The SMILES string of the molecule is CCC/C=C\CCCCCCCCOCC(COP(=O)(O)OCC[N+](C)(C)C)OC(=O)CCCCCCCCCCCCCCCCCCCCCCCCCC. The second-order valence-electron chi connectivity index (χ2n) is 17.9. The van der Waals surface area contributed by atoms with Gasteiger partial charge in [-0.2, -0.15) is 0 Å². The number of unbranched alkanes of at least 4 members (excludes halogenated alkanes) is 30. The molecule has 57 heavy (non-hydrogen) atoms. The summed E-state index contributed by atoms with van der Waals surface area (Å²) in [5.74, 6) is -0.311. The van der Waals surface area contributed by atoms with Crippen molar-refractivity contribution in [2.75, 3.05) is 54.1 Å². The van der Waals surface area contributed by atoms with Gasteiger partial charge in [-0.25, -0.2) is 4.57 Å². The first-order valence-electron chi connectivity index (χ1n) is 24.4. The molecular formula is C48H97NO7P+. The number of phosphoric ester groups is 1. The third kappa shape index (κ3) is 46.2. The minimum absolute atomic E-state index is 0.0906. The van der Waals surface area contributed by atoms with E-state index in [1.807, 2.05) is 21.1 Å². The van der Waals surface area contributed by atoms with Gasteiger partial charge < -0.3 is 18.9 Å². The normalized spacial score (nSPS) is 13.7. The highest BCUT2D eigenvalue weighted by molar-refractivity contribution is 7.47. The molecule has 0 bridgehead atoms. The van der Waals surface area contributed by atoms with Crippen molar-refractivity contribution in [2.45, 2.75) is 238 Å². The highest BCUT2D eigenvalue weighted by Gasteiger charge is 2.26. The summed E-state index contributed by atoms with van der Waals surface area (Å²) in [7, 11) is 1.68.